The molecule has 0 aliphatic heterocycles. The van der Waals surface area contributed by atoms with Gasteiger partial charge < -0.3 is 51.4 Å². The van der Waals surface area contributed by atoms with Gasteiger partial charge in [-0.15, -0.1) is 0 Å². The molecule has 790 valence electrons. The molecule has 6 aliphatic carbocycles. The molecular formula is C122H215N3O12. The van der Waals surface area contributed by atoms with E-state index in [4.69, 9.17) is 9.90 Å². The van der Waals surface area contributed by atoms with E-state index < -0.39 is 41.9 Å². The van der Waals surface area contributed by atoms with E-state index in [2.05, 4.69) is 169 Å². The van der Waals surface area contributed by atoms with E-state index in [1.165, 1.54) is 255 Å². The van der Waals surface area contributed by atoms with Crippen molar-refractivity contribution < 1.29 is 59.4 Å². The molecule has 8 rings (SSSR count). The summed E-state index contributed by atoms with van der Waals surface area (Å²) in [5.41, 5.74) is 2.64. The van der Waals surface area contributed by atoms with Crippen molar-refractivity contribution in [3.8, 4) is 0 Å². The number of nitrogens with one attached hydrogen (secondary N) is 3. The lowest BCUT2D eigenvalue weighted by molar-refractivity contribution is -0.151. The van der Waals surface area contributed by atoms with Gasteiger partial charge in [-0.25, -0.2) is 4.79 Å². The summed E-state index contributed by atoms with van der Waals surface area (Å²) in [6.45, 7) is 41.7. The number of aliphatic carboxylic acids is 5. The highest BCUT2D eigenvalue weighted by molar-refractivity contribution is 5.77. The molecule has 6 fully saturated rings. The minimum atomic E-state index is -1.23. The normalized spacial score (nSPS) is 25.5. The van der Waals surface area contributed by atoms with Gasteiger partial charge in [0.2, 0.25) is 0 Å². The third-order valence-electron chi connectivity index (χ3n) is 37.2. The molecule has 6 saturated carbocycles. The summed E-state index contributed by atoms with van der Waals surface area (Å²) in [7, 11) is 6.04. The van der Waals surface area contributed by atoms with Crippen LogP contribution in [0.15, 0.2) is 60.7 Å². The Balaban J connectivity index is 0.000000391. The van der Waals surface area contributed by atoms with Crippen LogP contribution in [0.3, 0.4) is 0 Å². The van der Waals surface area contributed by atoms with Gasteiger partial charge in [0, 0.05) is 18.1 Å². The van der Waals surface area contributed by atoms with E-state index in [-0.39, 0.29) is 48.5 Å². The number of hydrogen-bond donors (Lipinski definition) is 9. The molecular weight excluding hydrogens is 1700 g/mol. The molecule has 2 aromatic carbocycles. The van der Waals surface area contributed by atoms with Crippen molar-refractivity contribution in [3.05, 3.63) is 71.8 Å². The number of aliphatic hydroxyl groups excluding tert-OH is 1. The highest BCUT2D eigenvalue weighted by Gasteiger charge is 2.41. The quantitative estimate of drug-likeness (QED) is 0.0279. The third kappa shape index (κ3) is 47.4. The molecule has 15 heteroatoms. The van der Waals surface area contributed by atoms with Gasteiger partial charge in [-0.3, -0.25) is 19.2 Å². The average Bonchev–Trinajstić information content (AvgIpc) is 1.75. The summed E-state index contributed by atoms with van der Waals surface area (Å²) < 4.78 is 0. The van der Waals surface area contributed by atoms with Crippen molar-refractivity contribution in [2.75, 3.05) is 21.1 Å². The summed E-state index contributed by atoms with van der Waals surface area (Å²) in [6, 6.07) is 22.6. The number of aliphatic hydroxyl groups is 1. The molecule has 0 spiro atoms. The van der Waals surface area contributed by atoms with E-state index >= 15 is 0 Å². The topological polar surface area (TPSA) is 260 Å². The Labute approximate surface area is 840 Å². The first-order valence-corrected chi connectivity index (χ1v) is 57.6. The minimum Gasteiger partial charge on any atom is -0.481 e. The van der Waals surface area contributed by atoms with Crippen molar-refractivity contribution >= 4 is 36.6 Å². The SMILES string of the molecule is C=O.CNC(C)CCC(C)CCC1CCC(C(CCC(C(C)C)C(O)C(=O)O)C(C)C)C1.CNC(CCC(C)CCC1CCC(C(C)CCC(C)CCC2CCC(C(C)CCCCCC3CCC(C(C)CCC(CCC4CCC(C(C(=O)O)C(C)C)C4)C(C)C)C3)C2)C1)CC(=O)O.CNC(CCC1CCC(C(CCC(CCC(CC(=O)O)C(=O)O)c2ccccc2)c2ccccc2)C1)CC(C)C. The molecule has 9 N–H and O–H groups in total. The number of hydrogen-bond acceptors (Lipinski definition) is 10. The van der Waals surface area contributed by atoms with Crippen LogP contribution >= 0.6 is 0 Å². The minimum absolute atomic E-state index is 0.108. The Morgan fingerprint density at radius 2 is 0.774 bits per heavy atom. The summed E-state index contributed by atoms with van der Waals surface area (Å²) in [4.78, 5) is 65.3. The molecule has 29 atom stereocenters. The zero-order valence-electron chi connectivity index (χ0n) is 91.6. The molecule has 0 heterocycles. The molecule has 2 aromatic rings. The molecule has 137 heavy (non-hydrogen) atoms. The van der Waals surface area contributed by atoms with Gasteiger partial charge in [-0.05, 0) is 378 Å². The lowest BCUT2D eigenvalue weighted by atomic mass is 9.75. The standard InChI is InChI=1S/C60H111NO4.C35H51NO4.C26H51NO3.CH2O/c1-41(2)52(30-24-51-28-34-56(39-51)59(42(3)4)60(64)65)29-21-47(9)54-31-25-48(36-54)15-13-11-12-14-45(7)53-32-26-49(37-53)22-17-43(5)16-20-46(8)55-33-27-50(38-55)23-18-44(6)19-35-57(61-10)40-58(62)63;1-25(2)22-32(36-3)20-15-26-14-16-30(23-26)33(29-12-8-5-9-13-29)21-19-28(27-10-6-4-7-11-27)17-18-31(35(39)40)24-34(37)38;1-17(2)23(14-15-24(18(3)4)25(28)26(29)30)22-13-12-21(16-22)11-9-19(5)8-10-20(6)27-7;1-2/h41-57,59,61H,11-40H2,1-10H3,(H,62,63)(H,64,65);4-13,25-26,28,30-33,36H,14-24H2,1-3H3,(H,37,38)(H,39,40);17-25,27-28H,8-16H2,1-7H3,(H,29,30);1H2. The Hall–Kier alpha value is -4.70. The van der Waals surface area contributed by atoms with Crippen molar-refractivity contribution in [2.24, 2.45) is 166 Å². The maximum atomic E-state index is 11.9. The van der Waals surface area contributed by atoms with Crippen LogP contribution in [0, 0.1) is 166 Å². The second kappa shape index (κ2) is 67.8. The Kier molecular flexibility index (Phi) is 60.8. The van der Waals surface area contributed by atoms with Gasteiger partial charge in [0.1, 0.15) is 6.79 Å². The van der Waals surface area contributed by atoms with Gasteiger partial charge in [-0.1, -0.05) is 306 Å². The van der Waals surface area contributed by atoms with Gasteiger partial charge >= 0.3 is 29.8 Å². The fraction of sp³-hybridized carbons (Fsp3) is 0.852. The number of unbranched alkanes of at least 4 members (excludes halogenated alkanes) is 2. The van der Waals surface area contributed by atoms with E-state index in [0.29, 0.717) is 66.4 Å². The second-order valence-corrected chi connectivity index (χ2v) is 49.3. The molecule has 15 nitrogen and oxygen atoms in total. The zero-order chi connectivity index (χ0) is 101. The van der Waals surface area contributed by atoms with Crippen LogP contribution in [-0.2, 0) is 28.8 Å². The van der Waals surface area contributed by atoms with Crippen molar-refractivity contribution in [2.45, 2.75) is 475 Å². The molecule has 0 amide bonds. The Morgan fingerprint density at radius 1 is 0.343 bits per heavy atom. The van der Waals surface area contributed by atoms with Crippen LogP contribution in [0.25, 0.3) is 0 Å². The van der Waals surface area contributed by atoms with Crippen molar-refractivity contribution in [3.63, 3.8) is 0 Å². The summed E-state index contributed by atoms with van der Waals surface area (Å²) in [5, 5.41) is 67.2. The fourth-order valence-corrected chi connectivity index (χ4v) is 27.5. The molecule has 0 saturated heterocycles. The third-order valence-corrected chi connectivity index (χ3v) is 37.2. The number of carboxylic acids is 5. The Morgan fingerprint density at radius 3 is 1.23 bits per heavy atom. The largest absolute Gasteiger partial charge is 0.481 e. The highest BCUT2D eigenvalue weighted by Crippen LogP contribution is 2.51. The van der Waals surface area contributed by atoms with Crippen LogP contribution in [0.4, 0.5) is 0 Å². The number of rotatable bonds is 67. The predicted molar refractivity (Wildman–Crippen MR) is 573 cm³/mol. The fourth-order valence-electron chi connectivity index (χ4n) is 27.5. The number of carbonyl (C=O) groups is 6. The monoisotopic (exact) mass is 1910 g/mol. The van der Waals surface area contributed by atoms with E-state index in [1.807, 2.05) is 52.9 Å². The zero-order valence-corrected chi connectivity index (χ0v) is 91.6. The maximum Gasteiger partial charge on any atom is 0.332 e. The smallest absolute Gasteiger partial charge is 0.332 e. The number of carboxylic acid groups (broad SMARTS) is 5. The van der Waals surface area contributed by atoms with Gasteiger partial charge in [-0.2, -0.15) is 0 Å². The summed E-state index contributed by atoms with van der Waals surface area (Å²) in [6.07, 6.45) is 60.7. The lowest BCUT2D eigenvalue weighted by Gasteiger charge is -2.31. The van der Waals surface area contributed by atoms with Crippen LogP contribution in [0.1, 0.15) is 462 Å². The maximum absolute atomic E-state index is 11.9. The molecule has 6 aliphatic rings. The molecule has 0 radical (unpaired) electrons. The van der Waals surface area contributed by atoms with E-state index in [9.17, 15) is 49.5 Å². The van der Waals surface area contributed by atoms with Gasteiger partial charge in [0.05, 0.1) is 24.7 Å². The summed E-state index contributed by atoms with van der Waals surface area (Å²) in [5.74, 6) is 14.2. The first-order valence-electron chi connectivity index (χ1n) is 57.6. The Bertz CT molecular complexity index is 3480. The lowest BCUT2D eigenvalue weighted by Crippen LogP contribution is -2.33. The highest BCUT2D eigenvalue weighted by atomic mass is 16.4. The van der Waals surface area contributed by atoms with Crippen LogP contribution in [0.5, 0.6) is 0 Å². The molecule has 0 aromatic heterocycles. The number of carbonyl (C=O) groups excluding carboxylic acids is 1. The summed E-state index contributed by atoms with van der Waals surface area (Å²) >= 11 is 0. The van der Waals surface area contributed by atoms with E-state index in [0.717, 1.165) is 152 Å². The molecule has 29 unspecified atom stereocenters. The van der Waals surface area contributed by atoms with E-state index in [1.54, 1.807) is 0 Å². The van der Waals surface area contributed by atoms with Crippen molar-refractivity contribution in [1.29, 1.82) is 0 Å². The second-order valence-electron chi connectivity index (χ2n) is 49.3. The molecule has 0 bridgehead atoms. The first kappa shape index (κ1) is 123. The predicted octanol–water partition coefficient (Wildman–Crippen LogP) is 31.1. The number of benzene rings is 2. The average molecular weight is 1920 g/mol. The first-order chi connectivity index (χ1) is 65.3. The van der Waals surface area contributed by atoms with Crippen LogP contribution < -0.4 is 16.0 Å². The van der Waals surface area contributed by atoms with Crippen LogP contribution in [-0.4, -0.2) is 113 Å². The van der Waals surface area contributed by atoms with Crippen LogP contribution in [0.2, 0.25) is 0 Å². The van der Waals surface area contributed by atoms with Crippen molar-refractivity contribution in [1.82, 2.24) is 16.0 Å². The van der Waals surface area contributed by atoms with Gasteiger partial charge in [0.25, 0.3) is 0 Å². The van der Waals surface area contributed by atoms with Gasteiger partial charge in [0.15, 0.2) is 6.10 Å².